The highest BCUT2D eigenvalue weighted by molar-refractivity contribution is 5.64. The Morgan fingerprint density at radius 2 is 2.83 bits per heavy atom. The topological polar surface area (TPSA) is 34.0 Å². The van der Waals surface area contributed by atoms with Gasteiger partial charge in [-0.3, -0.25) is 0 Å². The molecule has 0 fully saturated rings. The van der Waals surface area contributed by atoms with Crippen molar-refractivity contribution in [1.29, 1.82) is 0 Å². The summed E-state index contributed by atoms with van der Waals surface area (Å²) < 4.78 is 4.57. The predicted octanol–water partition coefficient (Wildman–Crippen LogP) is -0.0923. The molecule has 0 N–H and O–H groups in total. The number of rotatable bonds is 0. The van der Waals surface area contributed by atoms with Gasteiger partial charge in [0, 0.05) is 0 Å². The second-order valence-corrected chi connectivity index (χ2v) is 0.790. The fraction of sp³-hybridized carbons (Fsp3) is 0.333. The van der Waals surface area contributed by atoms with Crippen molar-refractivity contribution in [2.45, 2.75) is 0 Å². The Labute approximate surface area is 35.3 Å². The summed E-state index contributed by atoms with van der Waals surface area (Å²) in [4.78, 5) is 0. The molecular formula is C3H3N2O. The van der Waals surface area contributed by atoms with Gasteiger partial charge >= 0.3 is 0 Å². The van der Waals surface area contributed by atoms with Crippen molar-refractivity contribution >= 4 is 12.6 Å². The van der Waals surface area contributed by atoms with Gasteiger partial charge < -0.3 is 4.74 Å². The Morgan fingerprint density at radius 3 is 3.00 bits per heavy atom. The number of hydrogen-bond donors (Lipinski definition) is 0. The summed E-state index contributed by atoms with van der Waals surface area (Å²) in [5.74, 6) is 0. The Bertz CT molecular complexity index is 74.8. The zero-order valence-corrected chi connectivity index (χ0v) is 3.09. The van der Waals surface area contributed by atoms with Crippen LogP contribution in [0.25, 0.3) is 0 Å². The lowest BCUT2D eigenvalue weighted by molar-refractivity contribution is 0.378. The summed E-state index contributed by atoms with van der Waals surface area (Å²) >= 11 is 0. The van der Waals surface area contributed by atoms with Crippen LogP contribution in [0.3, 0.4) is 0 Å². The van der Waals surface area contributed by atoms with Crippen LogP contribution in [-0.2, 0) is 4.74 Å². The monoisotopic (exact) mass is 83.0 g/mol. The van der Waals surface area contributed by atoms with Crippen LogP contribution in [-0.4, -0.2) is 19.2 Å². The normalized spacial score (nSPS) is 17.3. The quantitative estimate of drug-likeness (QED) is 0.403. The van der Waals surface area contributed by atoms with Crippen molar-refractivity contribution in [3.8, 4) is 0 Å². The minimum Gasteiger partial charge on any atom is -0.475 e. The van der Waals surface area contributed by atoms with Crippen molar-refractivity contribution in [3.05, 3.63) is 0 Å². The van der Waals surface area contributed by atoms with Gasteiger partial charge in [-0.2, -0.15) is 0 Å². The Balaban J connectivity index is 2.46. The summed E-state index contributed by atoms with van der Waals surface area (Å²) in [5, 5.41) is 6.72. The molecular weight excluding hydrogens is 80.0 g/mol. The fourth-order valence-corrected chi connectivity index (χ4v) is 0.201. The van der Waals surface area contributed by atoms with E-state index in [4.69, 9.17) is 0 Å². The summed E-state index contributed by atoms with van der Waals surface area (Å²) in [6.45, 7) is 0.434. The van der Waals surface area contributed by atoms with Crippen LogP contribution in [0.15, 0.2) is 10.2 Å². The third kappa shape index (κ3) is 0.544. The van der Waals surface area contributed by atoms with Crippen molar-refractivity contribution < 1.29 is 4.74 Å². The summed E-state index contributed by atoms with van der Waals surface area (Å²) in [7, 11) is 0. The van der Waals surface area contributed by atoms with Gasteiger partial charge in [0.25, 0.3) is 0 Å². The second-order valence-electron chi connectivity index (χ2n) is 0.790. The van der Waals surface area contributed by atoms with Crippen LogP contribution in [0, 0.1) is 0 Å². The van der Waals surface area contributed by atoms with E-state index in [-0.39, 0.29) is 0 Å². The van der Waals surface area contributed by atoms with Gasteiger partial charge in [-0.15, -0.1) is 10.2 Å². The van der Waals surface area contributed by atoms with Crippen molar-refractivity contribution in [3.63, 3.8) is 0 Å². The molecule has 1 radical (unpaired) electrons. The first-order valence-corrected chi connectivity index (χ1v) is 1.56. The molecule has 1 heterocycles. The van der Waals surface area contributed by atoms with Crippen molar-refractivity contribution in [2.75, 3.05) is 6.61 Å². The number of hydrogen-bond acceptors (Lipinski definition) is 3. The minimum atomic E-state index is 0.434. The largest absolute Gasteiger partial charge is 0.475 e. The smallest absolute Gasteiger partial charge is 0.195 e. The maximum Gasteiger partial charge on any atom is 0.195 e. The van der Waals surface area contributed by atoms with Gasteiger partial charge in [0.05, 0.1) is 0 Å². The molecule has 1 rings (SSSR count). The molecule has 0 saturated carbocycles. The van der Waals surface area contributed by atoms with E-state index in [0.717, 1.165) is 0 Å². The fourth-order valence-electron chi connectivity index (χ4n) is 0.201. The van der Waals surface area contributed by atoms with Gasteiger partial charge in [-0.05, 0) is 0 Å². The van der Waals surface area contributed by atoms with Crippen LogP contribution >= 0.6 is 0 Å². The molecule has 0 aromatic rings. The first-order chi connectivity index (χ1) is 3.00. The molecule has 0 aromatic heterocycles. The first kappa shape index (κ1) is 3.33. The van der Waals surface area contributed by atoms with E-state index in [1.54, 1.807) is 0 Å². The lowest BCUT2D eigenvalue weighted by Crippen LogP contribution is -1.95. The highest BCUT2D eigenvalue weighted by atomic mass is 16.5. The standard InChI is InChI=1S/C3H3N2O/c1-2-6-3-5-4-1/h3H,2H2. The molecule has 6 heavy (non-hydrogen) atoms. The minimum absolute atomic E-state index is 0.434. The molecule has 1 aliphatic rings. The molecule has 0 bridgehead atoms. The van der Waals surface area contributed by atoms with Gasteiger partial charge in [0.1, 0.15) is 12.8 Å². The van der Waals surface area contributed by atoms with Gasteiger partial charge in [0.2, 0.25) is 0 Å². The van der Waals surface area contributed by atoms with E-state index in [2.05, 4.69) is 21.2 Å². The van der Waals surface area contributed by atoms with Crippen LogP contribution < -0.4 is 0 Å². The van der Waals surface area contributed by atoms with E-state index < -0.39 is 0 Å². The third-order valence-electron chi connectivity index (χ3n) is 0.398. The SMILES string of the molecule is [C]1=NN=COC1. The third-order valence-corrected chi connectivity index (χ3v) is 0.398. The lowest BCUT2D eigenvalue weighted by Gasteiger charge is -1.91. The van der Waals surface area contributed by atoms with E-state index >= 15 is 0 Å². The van der Waals surface area contributed by atoms with Gasteiger partial charge in [-0.1, -0.05) is 0 Å². The van der Waals surface area contributed by atoms with Crippen LogP contribution in [0.5, 0.6) is 0 Å². The molecule has 0 aliphatic carbocycles. The number of ether oxygens (including phenoxy) is 1. The molecule has 3 nitrogen and oxygen atoms in total. The first-order valence-electron chi connectivity index (χ1n) is 1.56. The molecule has 0 unspecified atom stereocenters. The van der Waals surface area contributed by atoms with E-state index in [9.17, 15) is 0 Å². The van der Waals surface area contributed by atoms with E-state index in [0.29, 0.717) is 6.61 Å². The average Bonchev–Trinajstić information content (AvgIpc) is 1.72. The van der Waals surface area contributed by atoms with Crippen molar-refractivity contribution in [2.24, 2.45) is 10.2 Å². The maximum atomic E-state index is 4.57. The summed E-state index contributed by atoms with van der Waals surface area (Å²) in [6, 6.07) is 0. The molecule has 0 atom stereocenters. The van der Waals surface area contributed by atoms with Gasteiger partial charge in [-0.25, -0.2) is 0 Å². The zero-order chi connectivity index (χ0) is 4.24. The lowest BCUT2D eigenvalue weighted by atomic mass is 10.8. The summed E-state index contributed by atoms with van der Waals surface area (Å²) in [5.41, 5.74) is 0. The Morgan fingerprint density at radius 1 is 1.83 bits per heavy atom. The van der Waals surface area contributed by atoms with E-state index in [1.165, 1.54) is 6.40 Å². The van der Waals surface area contributed by atoms with Crippen LogP contribution in [0.1, 0.15) is 0 Å². The molecule has 0 amide bonds. The molecule has 0 aromatic carbocycles. The Hall–Kier alpha value is -0.860. The van der Waals surface area contributed by atoms with Crippen LogP contribution in [0.2, 0.25) is 0 Å². The van der Waals surface area contributed by atoms with Gasteiger partial charge in [0.15, 0.2) is 6.40 Å². The van der Waals surface area contributed by atoms with Crippen molar-refractivity contribution in [1.82, 2.24) is 0 Å². The predicted molar refractivity (Wildman–Crippen MR) is 21.9 cm³/mol. The molecule has 0 saturated heterocycles. The average molecular weight is 83.1 g/mol. The second kappa shape index (κ2) is 1.55. The molecule has 1 aliphatic heterocycles. The molecule has 31 valence electrons. The zero-order valence-electron chi connectivity index (χ0n) is 3.09. The molecule has 3 heteroatoms. The molecule has 0 spiro atoms. The summed E-state index contributed by atoms with van der Waals surface area (Å²) in [6.07, 6.45) is 3.78. The maximum absolute atomic E-state index is 4.57. The van der Waals surface area contributed by atoms with E-state index in [1.807, 2.05) is 0 Å². The van der Waals surface area contributed by atoms with Crippen LogP contribution in [0.4, 0.5) is 0 Å². The highest BCUT2D eigenvalue weighted by Gasteiger charge is 1.79. The highest BCUT2D eigenvalue weighted by Crippen LogP contribution is 1.75. The number of nitrogens with zero attached hydrogens (tertiary/aromatic N) is 2. The Kier molecular flexibility index (Phi) is 0.859.